The fraction of sp³-hybridized carbons (Fsp3) is 0.609. The van der Waals surface area contributed by atoms with Crippen LogP contribution in [0, 0.1) is 5.92 Å². The van der Waals surface area contributed by atoms with E-state index < -0.39 is 41.7 Å². The lowest BCUT2D eigenvalue weighted by atomic mass is 9.92. The van der Waals surface area contributed by atoms with Gasteiger partial charge in [0, 0.05) is 25.7 Å². The first-order valence-electron chi connectivity index (χ1n) is 11.0. The van der Waals surface area contributed by atoms with E-state index in [0.717, 1.165) is 38.5 Å². The fourth-order valence-electron chi connectivity index (χ4n) is 4.55. The molecule has 4 fully saturated rings. The molecule has 1 N–H and O–H groups in total. The number of carbonyl (C=O) groups excluding carboxylic acids is 3. The van der Waals surface area contributed by atoms with Gasteiger partial charge in [0.1, 0.15) is 11.5 Å². The summed E-state index contributed by atoms with van der Waals surface area (Å²) in [6.07, 6.45) is 13.8. The quantitative estimate of drug-likeness (QED) is 0.314. The molecule has 0 radical (unpaired) electrons. The van der Waals surface area contributed by atoms with Crippen molar-refractivity contribution in [3.05, 3.63) is 36.0 Å². The van der Waals surface area contributed by atoms with Crippen LogP contribution < -0.4 is 0 Å². The highest BCUT2D eigenvalue weighted by atomic mass is 16.8. The van der Waals surface area contributed by atoms with Crippen molar-refractivity contribution in [2.24, 2.45) is 5.92 Å². The molecule has 31 heavy (non-hydrogen) atoms. The van der Waals surface area contributed by atoms with Crippen molar-refractivity contribution >= 4 is 17.9 Å². The van der Waals surface area contributed by atoms with E-state index >= 15 is 0 Å². The van der Waals surface area contributed by atoms with Crippen molar-refractivity contribution in [2.75, 3.05) is 0 Å². The average Bonchev–Trinajstić information content (AvgIpc) is 2.72. The Labute approximate surface area is 180 Å². The second-order valence-electron chi connectivity index (χ2n) is 8.53. The van der Waals surface area contributed by atoms with Crippen LogP contribution in [0.2, 0.25) is 0 Å². The summed E-state index contributed by atoms with van der Waals surface area (Å²) in [6.45, 7) is 0. The Morgan fingerprint density at radius 1 is 0.742 bits per heavy atom. The zero-order valence-corrected chi connectivity index (χ0v) is 17.4. The van der Waals surface area contributed by atoms with Crippen LogP contribution in [0.25, 0.3) is 0 Å². The number of rotatable bonds is 3. The maximum atomic E-state index is 12.4. The molecule has 0 bridgehead atoms. The minimum Gasteiger partial charge on any atom is -0.432 e. The number of hydrogen-bond donors (Lipinski definition) is 1. The first kappa shape index (κ1) is 21.8. The van der Waals surface area contributed by atoms with Gasteiger partial charge in [0.25, 0.3) is 5.79 Å². The van der Waals surface area contributed by atoms with Crippen LogP contribution in [0.3, 0.4) is 0 Å². The van der Waals surface area contributed by atoms with Crippen LogP contribution in [0.4, 0.5) is 0 Å². The Morgan fingerprint density at radius 2 is 1.32 bits per heavy atom. The van der Waals surface area contributed by atoms with Gasteiger partial charge in [0.15, 0.2) is 6.29 Å². The summed E-state index contributed by atoms with van der Waals surface area (Å²) in [5, 5.41) is 10.3. The summed E-state index contributed by atoms with van der Waals surface area (Å²) in [6, 6.07) is 0. The molecule has 2 atom stereocenters. The van der Waals surface area contributed by atoms with Crippen LogP contribution in [0.1, 0.15) is 64.2 Å². The van der Waals surface area contributed by atoms with Gasteiger partial charge < -0.3 is 24.1 Å². The van der Waals surface area contributed by atoms with Crippen LogP contribution in [0.5, 0.6) is 0 Å². The molecule has 0 amide bonds. The number of hydrogen-bond acceptors (Lipinski definition) is 8. The highest BCUT2D eigenvalue weighted by molar-refractivity contribution is 6.15. The Morgan fingerprint density at radius 3 is 1.90 bits per heavy atom. The third-order valence-electron chi connectivity index (χ3n) is 6.23. The van der Waals surface area contributed by atoms with Gasteiger partial charge in [0.05, 0.1) is 0 Å². The Hall–Kier alpha value is -2.45. The van der Waals surface area contributed by atoms with Crippen LogP contribution in [-0.2, 0) is 33.3 Å². The van der Waals surface area contributed by atoms with Crippen LogP contribution in [-0.4, -0.2) is 40.9 Å². The van der Waals surface area contributed by atoms with Gasteiger partial charge in [-0.1, -0.05) is 37.1 Å². The van der Waals surface area contributed by atoms with E-state index in [1.807, 2.05) is 0 Å². The van der Waals surface area contributed by atoms with Crippen molar-refractivity contribution in [3.63, 3.8) is 0 Å². The molecule has 2 unspecified atom stereocenters. The van der Waals surface area contributed by atoms with Crippen molar-refractivity contribution in [1.82, 2.24) is 0 Å². The molecule has 8 nitrogen and oxygen atoms in total. The first-order valence-corrected chi connectivity index (χ1v) is 11.0. The van der Waals surface area contributed by atoms with E-state index in [1.54, 1.807) is 0 Å². The molecule has 2 spiro atoms. The molecular weight excluding hydrogens is 404 g/mol. The molecule has 0 aromatic carbocycles. The molecule has 8 heteroatoms. The van der Waals surface area contributed by atoms with Gasteiger partial charge >= 0.3 is 17.9 Å². The summed E-state index contributed by atoms with van der Waals surface area (Å²) >= 11 is 0. The highest BCUT2D eigenvalue weighted by Gasteiger charge is 2.48. The summed E-state index contributed by atoms with van der Waals surface area (Å²) in [5.41, 5.74) is -0.180. The maximum absolute atomic E-state index is 12.4. The molecule has 2 saturated carbocycles. The van der Waals surface area contributed by atoms with Gasteiger partial charge in [0.2, 0.25) is 5.79 Å². The van der Waals surface area contributed by atoms with Crippen molar-refractivity contribution in [2.45, 2.75) is 82.1 Å². The number of allylic oxidation sites excluding steroid dienone is 4. The molecule has 168 valence electrons. The van der Waals surface area contributed by atoms with Crippen molar-refractivity contribution in [3.8, 4) is 0 Å². The number of carbonyl (C=O) groups is 3. The zero-order valence-electron chi connectivity index (χ0n) is 17.4. The predicted molar refractivity (Wildman–Crippen MR) is 107 cm³/mol. The molecule has 2 aliphatic carbocycles. The molecule has 0 aromatic heterocycles. The van der Waals surface area contributed by atoms with E-state index in [1.165, 1.54) is 30.4 Å². The highest BCUT2D eigenvalue weighted by Crippen LogP contribution is 2.39. The SMILES string of the molecule is O=C1OC2(CCCCC2)OC(=O)C1=CC=CC=CC1C(=O)OC2(CCCCC2)OC1O. The molecule has 2 heterocycles. The second-order valence-corrected chi connectivity index (χ2v) is 8.53. The first-order chi connectivity index (χ1) is 14.9. The van der Waals surface area contributed by atoms with E-state index in [4.69, 9.17) is 18.9 Å². The number of esters is 3. The van der Waals surface area contributed by atoms with E-state index in [9.17, 15) is 19.5 Å². The Balaban J connectivity index is 1.34. The van der Waals surface area contributed by atoms with Crippen LogP contribution >= 0.6 is 0 Å². The minimum absolute atomic E-state index is 0.180. The van der Waals surface area contributed by atoms with Crippen LogP contribution in [0.15, 0.2) is 36.0 Å². The monoisotopic (exact) mass is 432 g/mol. The number of ether oxygens (including phenoxy) is 4. The Kier molecular flexibility index (Phi) is 6.29. The second kappa shape index (κ2) is 8.96. The number of aliphatic hydroxyl groups is 1. The zero-order chi connectivity index (χ0) is 21.9. The maximum Gasteiger partial charge on any atom is 0.348 e. The fourth-order valence-corrected chi connectivity index (χ4v) is 4.55. The largest absolute Gasteiger partial charge is 0.432 e. The standard InChI is InChI=1S/C23H28O8/c24-18-16(19(25)29-22(28-18)12-6-2-7-13-22)10-4-1-5-11-17-20(26)30-23(31-21(17)27)14-8-3-9-15-23/h1,4-5,10-11,16,18,24H,2-3,6-9,12-15H2. The Bertz CT molecular complexity index is 789. The normalized spacial score (nSPS) is 30.5. The summed E-state index contributed by atoms with van der Waals surface area (Å²) < 4.78 is 22.0. The molecule has 0 aromatic rings. The number of aliphatic hydroxyl groups excluding tert-OH is 1. The van der Waals surface area contributed by atoms with Crippen molar-refractivity contribution in [1.29, 1.82) is 0 Å². The summed E-state index contributed by atoms with van der Waals surface area (Å²) in [7, 11) is 0. The van der Waals surface area contributed by atoms with Gasteiger partial charge in [-0.3, -0.25) is 4.79 Å². The van der Waals surface area contributed by atoms with Gasteiger partial charge in [-0.15, -0.1) is 0 Å². The van der Waals surface area contributed by atoms with Gasteiger partial charge in [-0.05, 0) is 31.8 Å². The lowest BCUT2D eigenvalue weighted by Crippen LogP contribution is -2.52. The van der Waals surface area contributed by atoms with Crippen molar-refractivity contribution < 1.29 is 38.4 Å². The van der Waals surface area contributed by atoms with E-state index in [2.05, 4.69) is 0 Å². The summed E-state index contributed by atoms with van der Waals surface area (Å²) in [4.78, 5) is 36.9. The third-order valence-corrected chi connectivity index (χ3v) is 6.23. The van der Waals surface area contributed by atoms with Gasteiger partial charge in [-0.25, -0.2) is 9.59 Å². The van der Waals surface area contributed by atoms with E-state index in [-0.39, 0.29) is 5.57 Å². The lowest BCUT2D eigenvalue weighted by Gasteiger charge is -2.43. The smallest absolute Gasteiger partial charge is 0.348 e. The minimum atomic E-state index is -1.28. The summed E-state index contributed by atoms with van der Waals surface area (Å²) in [5.74, 6) is -4.97. The predicted octanol–water partition coefficient (Wildman–Crippen LogP) is 2.95. The molecule has 4 rings (SSSR count). The topological polar surface area (TPSA) is 108 Å². The molecule has 2 saturated heterocycles. The molecular formula is C23H28O8. The van der Waals surface area contributed by atoms with Gasteiger partial charge in [-0.2, -0.15) is 0 Å². The lowest BCUT2D eigenvalue weighted by molar-refractivity contribution is -0.332. The van der Waals surface area contributed by atoms with E-state index in [0.29, 0.717) is 25.7 Å². The molecule has 2 aliphatic heterocycles. The third kappa shape index (κ3) is 4.75. The molecule has 4 aliphatic rings. The average molecular weight is 432 g/mol.